The summed E-state index contributed by atoms with van der Waals surface area (Å²) in [7, 11) is 0. The predicted octanol–water partition coefficient (Wildman–Crippen LogP) is 3.48. The Labute approximate surface area is 136 Å². The van der Waals surface area contributed by atoms with Gasteiger partial charge in [-0.3, -0.25) is 4.98 Å². The van der Waals surface area contributed by atoms with Crippen LogP contribution in [0.5, 0.6) is 0 Å². The van der Waals surface area contributed by atoms with E-state index in [4.69, 9.17) is 23.2 Å². The van der Waals surface area contributed by atoms with Gasteiger partial charge in [-0.05, 0) is 25.0 Å². The van der Waals surface area contributed by atoms with Gasteiger partial charge >= 0.3 is 0 Å². The van der Waals surface area contributed by atoms with Gasteiger partial charge in [-0.15, -0.1) is 0 Å². The van der Waals surface area contributed by atoms with Crippen LogP contribution in [0.4, 0.5) is 5.82 Å². The number of nitrogens with one attached hydrogen (secondary N) is 1. The summed E-state index contributed by atoms with van der Waals surface area (Å²) in [5, 5.41) is 8.54. The maximum Gasteiger partial charge on any atom is 0.149 e. The molecule has 0 fully saturated rings. The van der Waals surface area contributed by atoms with Gasteiger partial charge in [-0.25, -0.2) is 14.6 Å². The summed E-state index contributed by atoms with van der Waals surface area (Å²) < 4.78 is 1.92. The molecule has 0 saturated carbocycles. The van der Waals surface area contributed by atoms with Gasteiger partial charge in [0.05, 0.1) is 33.3 Å². The van der Waals surface area contributed by atoms with Gasteiger partial charge in [0.1, 0.15) is 18.0 Å². The van der Waals surface area contributed by atoms with Crippen LogP contribution in [-0.2, 0) is 6.54 Å². The Morgan fingerprint density at radius 3 is 2.82 bits per heavy atom. The Hall–Kier alpha value is -1.92. The Morgan fingerprint density at radius 2 is 1.95 bits per heavy atom. The average molecular weight is 335 g/mol. The number of benzene rings is 1. The average Bonchev–Trinajstić information content (AvgIpc) is 2.98. The van der Waals surface area contributed by atoms with E-state index in [1.807, 2.05) is 4.68 Å². The summed E-state index contributed by atoms with van der Waals surface area (Å²) in [6.45, 7) is 0.908. The van der Waals surface area contributed by atoms with Crippen molar-refractivity contribution in [2.75, 3.05) is 5.32 Å². The molecule has 22 heavy (non-hydrogen) atoms. The van der Waals surface area contributed by atoms with Crippen molar-refractivity contribution < 1.29 is 0 Å². The Bertz CT molecular complexity index is 846. The highest BCUT2D eigenvalue weighted by atomic mass is 35.5. The topological polar surface area (TPSA) is 68.5 Å². The summed E-state index contributed by atoms with van der Waals surface area (Å²) in [5.74, 6) is 1.62. The molecule has 3 heterocycles. The molecule has 0 spiro atoms. The lowest BCUT2D eigenvalue weighted by Crippen LogP contribution is -2.23. The van der Waals surface area contributed by atoms with E-state index in [0.29, 0.717) is 26.9 Å². The Kier molecular flexibility index (Phi) is 3.35. The van der Waals surface area contributed by atoms with Crippen molar-refractivity contribution in [1.82, 2.24) is 24.7 Å². The highest BCUT2D eigenvalue weighted by Crippen LogP contribution is 2.28. The van der Waals surface area contributed by atoms with Crippen LogP contribution in [0.15, 0.2) is 24.7 Å². The maximum atomic E-state index is 6.04. The van der Waals surface area contributed by atoms with Crippen molar-refractivity contribution in [3.63, 3.8) is 0 Å². The van der Waals surface area contributed by atoms with Gasteiger partial charge < -0.3 is 5.32 Å². The number of fused-ring (bicyclic) bond motifs is 2. The van der Waals surface area contributed by atoms with Crippen LogP contribution in [0.25, 0.3) is 11.0 Å². The van der Waals surface area contributed by atoms with Crippen molar-refractivity contribution in [1.29, 1.82) is 0 Å². The fourth-order valence-corrected chi connectivity index (χ4v) is 3.00. The molecule has 0 radical (unpaired) electrons. The molecule has 0 saturated heterocycles. The lowest BCUT2D eigenvalue weighted by atomic mass is 10.1. The molecule has 4 rings (SSSR count). The first-order chi connectivity index (χ1) is 10.7. The van der Waals surface area contributed by atoms with E-state index in [1.165, 1.54) is 0 Å². The van der Waals surface area contributed by atoms with Crippen LogP contribution in [0.1, 0.15) is 24.7 Å². The lowest BCUT2D eigenvalue weighted by molar-refractivity contribution is 0.437. The first-order valence-electron chi connectivity index (χ1n) is 6.97. The molecule has 1 aliphatic rings. The van der Waals surface area contributed by atoms with Gasteiger partial charge in [0, 0.05) is 6.54 Å². The van der Waals surface area contributed by atoms with E-state index in [1.54, 1.807) is 24.7 Å². The quantitative estimate of drug-likeness (QED) is 0.777. The molecular formula is C14H12Cl2N6. The molecule has 8 heteroatoms. The number of rotatable bonds is 2. The third-order valence-corrected chi connectivity index (χ3v) is 4.45. The second-order valence-electron chi connectivity index (χ2n) is 5.19. The number of hydrogen-bond acceptors (Lipinski definition) is 5. The van der Waals surface area contributed by atoms with Crippen LogP contribution in [-0.4, -0.2) is 24.7 Å². The third kappa shape index (κ3) is 2.38. The highest BCUT2D eigenvalue weighted by Gasteiger charge is 2.22. The molecule has 1 atom stereocenters. The zero-order valence-corrected chi connectivity index (χ0v) is 13.0. The van der Waals surface area contributed by atoms with Gasteiger partial charge in [0.15, 0.2) is 0 Å². The molecule has 1 aliphatic heterocycles. The minimum Gasteiger partial charge on any atom is -0.359 e. The number of nitrogens with zero attached hydrogens (tertiary/aromatic N) is 5. The summed E-state index contributed by atoms with van der Waals surface area (Å²) >= 11 is 12.0. The van der Waals surface area contributed by atoms with E-state index in [0.717, 1.165) is 25.2 Å². The second kappa shape index (κ2) is 5.37. The van der Waals surface area contributed by atoms with Gasteiger partial charge in [0.2, 0.25) is 0 Å². The van der Waals surface area contributed by atoms with Gasteiger partial charge in [-0.2, -0.15) is 5.10 Å². The fourth-order valence-electron chi connectivity index (χ4n) is 2.68. The lowest BCUT2D eigenvalue weighted by Gasteiger charge is -2.23. The van der Waals surface area contributed by atoms with E-state index in [2.05, 4.69) is 25.4 Å². The molecule has 2 aromatic heterocycles. The minimum atomic E-state index is 0.0887. The molecular weight excluding hydrogens is 323 g/mol. The first kappa shape index (κ1) is 13.7. The smallest absolute Gasteiger partial charge is 0.149 e. The van der Waals surface area contributed by atoms with Crippen LogP contribution >= 0.6 is 23.2 Å². The number of halogens is 2. The van der Waals surface area contributed by atoms with Crippen molar-refractivity contribution in [2.24, 2.45) is 0 Å². The predicted molar refractivity (Wildman–Crippen MR) is 85.2 cm³/mol. The monoisotopic (exact) mass is 334 g/mol. The van der Waals surface area contributed by atoms with E-state index >= 15 is 0 Å². The number of anilines is 1. The van der Waals surface area contributed by atoms with Crippen molar-refractivity contribution in [2.45, 2.75) is 25.4 Å². The molecule has 0 unspecified atom stereocenters. The van der Waals surface area contributed by atoms with Crippen molar-refractivity contribution in [3.05, 3.63) is 40.5 Å². The standard InChI is InChI=1S/C14H12Cl2N6/c15-8-4-11-12(5-9(8)16)21-13(6-17-11)20-10-2-1-3-22-14(10)18-7-19-22/h4-7,10H,1-3H2,(H,20,21)/t10-/m1/s1. The van der Waals surface area contributed by atoms with Crippen molar-refractivity contribution in [3.8, 4) is 0 Å². The fraction of sp³-hybridized carbons (Fsp3) is 0.286. The molecule has 0 bridgehead atoms. The zero-order valence-electron chi connectivity index (χ0n) is 11.5. The maximum absolute atomic E-state index is 6.04. The van der Waals surface area contributed by atoms with Gasteiger partial charge in [-0.1, -0.05) is 23.2 Å². The summed E-state index contributed by atoms with van der Waals surface area (Å²) in [6, 6.07) is 3.53. The zero-order chi connectivity index (χ0) is 15.1. The molecule has 6 nitrogen and oxygen atoms in total. The number of aromatic nitrogens is 5. The summed E-state index contributed by atoms with van der Waals surface area (Å²) in [6.07, 6.45) is 5.32. The van der Waals surface area contributed by atoms with Crippen LogP contribution in [0, 0.1) is 0 Å². The highest BCUT2D eigenvalue weighted by molar-refractivity contribution is 6.42. The summed E-state index contributed by atoms with van der Waals surface area (Å²) in [4.78, 5) is 13.3. The largest absolute Gasteiger partial charge is 0.359 e. The second-order valence-corrected chi connectivity index (χ2v) is 6.01. The number of hydrogen-bond donors (Lipinski definition) is 1. The Morgan fingerprint density at radius 1 is 1.14 bits per heavy atom. The van der Waals surface area contributed by atoms with Crippen LogP contribution in [0.3, 0.4) is 0 Å². The summed E-state index contributed by atoms with van der Waals surface area (Å²) in [5.41, 5.74) is 1.42. The molecule has 0 amide bonds. The molecule has 0 aliphatic carbocycles. The van der Waals surface area contributed by atoms with E-state index < -0.39 is 0 Å². The normalized spacial score (nSPS) is 17.5. The number of aryl methyl sites for hydroxylation is 1. The van der Waals surface area contributed by atoms with E-state index in [9.17, 15) is 0 Å². The molecule has 1 aromatic carbocycles. The molecule has 1 N–H and O–H groups in total. The molecule has 112 valence electrons. The van der Waals surface area contributed by atoms with Crippen LogP contribution < -0.4 is 5.32 Å². The van der Waals surface area contributed by atoms with E-state index in [-0.39, 0.29) is 6.04 Å². The Balaban J connectivity index is 1.67. The first-order valence-corrected chi connectivity index (χ1v) is 7.72. The molecule has 3 aromatic rings. The SMILES string of the molecule is Clc1cc2ncc(N[C@@H]3CCCn4ncnc43)nc2cc1Cl. The third-order valence-electron chi connectivity index (χ3n) is 3.73. The minimum absolute atomic E-state index is 0.0887. The van der Waals surface area contributed by atoms with Crippen molar-refractivity contribution >= 4 is 40.1 Å². The van der Waals surface area contributed by atoms with Crippen LogP contribution in [0.2, 0.25) is 10.0 Å². The van der Waals surface area contributed by atoms with Gasteiger partial charge in [0.25, 0.3) is 0 Å².